The monoisotopic (exact) mass is 401 g/mol. The molecular formula is C19H20ClN5O3. The maximum atomic E-state index is 12.4. The molecule has 9 heteroatoms. The van der Waals surface area contributed by atoms with E-state index in [9.17, 15) is 4.79 Å². The molecule has 0 saturated carbocycles. The van der Waals surface area contributed by atoms with E-state index in [4.69, 9.17) is 20.8 Å². The fourth-order valence-corrected chi connectivity index (χ4v) is 3.35. The van der Waals surface area contributed by atoms with Gasteiger partial charge in [-0.2, -0.15) is 5.10 Å². The first-order valence-corrected chi connectivity index (χ1v) is 9.40. The molecule has 1 aromatic carbocycles. The smallest absolute Gasteiger partial charge is 0.226 e. The van der Waals surface area contributed by atoms with Crippen molar-refractivity contribution >= 4 is 17.5 Å². The number of carbonyl (C=O) groups excluding carboxylic acids is 1. The van der Waals surface area contributed by atoms with Crippen LogP contribution < -0.4 is 5.32 Å². The number of hydrogen-bond acceptors (Lipinski definition) is 6. The number of oxazole rings is 1. The van der Waals surface area contributed by atoms with Crippen LogP contribution in [0, 0.1) is 0 Å². The molecule has 1 N–H and O–H groups in total. The number of rotatable bonds is 6. The summed E-state index contributed by atoms with van der Waals surface area (Å²) in [6.45, 7) is 0.992. The van der Waals surface area contributed by atoms with E-state index in [2.05, 4.69) is 20.4 Å². The van der Waals surface area contributed by atoms with Crippen LogP contribution >= 0.6 is 11.6 Å². The molecule has 1 aliphatic rings. The number of nitrogens with zero attached hydrogens (tertiary/aromatic N) is 4. The minimum atomic E-state index is -0.0957. The minimum Gasteiger partial charge on any atom is -0.444 e. The van der Waals surface area contributed by atoms with E-state index in [0.717, 1.165) is 24.2 Å². The zero-order chi connectivity index (χ0) is 19.5. The molecule has 2 aromatic heterocycles. The Labute approximate surface area is 166 Å². The summed E-state index contributed by atoms with van der Waals surface area (Å²) in [7, 11) is 1.62. The van der Waals surface area contributed by atoms with Crippen LogP contribution in [-0.4, -0.2) is 38.8 Å². The Balaban J connectivity index is 1.34. The Kier molecular flexibility index (Phi) is 5.40. The summed E-state index contributed by atoms with van der Waals surface area (Å²) in [6.07, 6.45) is 3.27. The molecule has 0 radical (unpaired) electrons. The number of methoxy groups -OCH3 is 1. The molecule has 4 rings (SSSR count). The van der Waals surface area contributed by atoms with Crippen molar-refractivity contribution in [2.75, 3.05) is 7.11 Å². The van der Waals surface area contributed by atoms with Gasteiger partial charge in [0, 0.05) is 30.2 Å². The average Bonchev–Trinajstić information content (AvgIpc) is 3.29. The van der Waals surface area contributed by atoms with E-state index < -0.39 is 0 Å². The molecule has 1 amide bonds. The van der Waals surface area contributed by atoms with Crippen molar-refractivity contribution in [1.82, 2.24) is 25.1 Å². The number of nitrogens with one attached hydrogen (secondary N) is 1. The fraction of sp³-hybridized carbons (Fsp3) is 0.368. The van der Waals surface area contributed by atoms with Crippen molar-refractivity contribution in [2.45, 2.75) is 38.5 Å². The van der Waals surface area contributed by atoms with Crippen LogP contribution in [0.3, 0.4) is 0 Å². The van der Waals surface area contributed by atoms with Gasteiger partial charge in [0.25, 0.3) is 0 Å². The number of hydrogen-bond donors (Lipinski definition) is 1. The van der Waals surface area contributed by atoms with Gasteiger partial charge in [-0.15, -0.1) is 0 Å². The van der Waals surface area contributed by atoms with Crippen molar-refractivity contribution in [1.29, 1.82) is 0 Å². The van der Waals surface area contributed by atoms with Gasteiger partial charge in [0.1, 0.15) is 18.7 Å². The first-order chi connectivity index (χ1) is 13.6. The standard InChI is InChI=1S/C19H20ClN5O3/c1-27-11-16-23-17-7-6-14(9-25(17)24-16)21-18(26)8-15-10-28-19(22-15)12-2-4-13(20)5-3-12/h2-5,10,14H,6-9,11H2,1H3,(H,21,26). The zero-order valence-electron chi connectivity index (χ0n) is 15.4. The van der Waals surface area contributed by atoms with Crippen LogP contribution in [-0.2, 0) is 35.5 Å². The predicted molar refractivity (Wildman–Crippen MR) is 102 cm³/mol. The molecule has 1 aliphatic heterocycles. The number of aromatic nitrogens is 4. The van der Waals surface area contributed by atoms with Crippen LogP contribution in [0.4, 0.5) is 0 Å². The lowest BCUT2D eigenvalue weighted by Gasteiger charge is -2.23. The van der Waals surface area contributed by atoms with Gasteiger partial charge in [0.15, 0.2) is 5.82 Å². The fourth-order valence-electron chi connectivity index (χ4n) is 3.23. The normalized spacial score (nSPS) is 16.0. The highest BCUT2D eigenvalue weighted by molar-refractivity contribution is 6.30. The number of benzene rings is 1. The number of aryl methyl sites for hydroxylation is 1. The highest BCUT2D eigenvalue weighted by Crippen LogP contribution is 2.21. The molecular weight excluding hydrogens is 382 g/mol. The summed E-state index contributed by atoms with van der Waals surface area (Å²) < 4.78 is 12.4. The number of halogens is 1. The second-order valence-corrected chi connectivity index (χ2v) is 7.13. The molecule has 0 aliphatic carbocycles. The molecule has 0 spiro atoms. The Hall–Kier alpha value is -2.71. The minimum absolute atomic E-state index is 0.0136. The summed E-state index contributed by atoms with van der Waals surface area (Å²) in [4.78, 5) is 21.2. The molecule has 1 atom stereocenters. The van der Waals surface area contributed by atoms with Crippen LogP contribution in [0.5, 0.6) is 0 Å². The Morgan fingerprint density at radius 1 is 1.36 bits per heavy atom. The van der Waals surface area contributed by atoms with Gasteiger partial charge < -0.3 is 14.5 Å². The molecule has 0 bridgehead atoms. The third-order valence-electron chi connectivity index (χ3n) is 4.53. The Bertz CT molecular complexity index is 966. The topological polar surface area (TPSA) is 95.1 Å². The Morgan fingerprint density at radius 3 is 2.96 bits per heavy atom. The lowest BCUT2D eigenvalue weighted by atomic mass is 10.1. The number of fused-ring (bicyclic) bond motifs is 1. The highest BCUT2D eigenvalue weighted by atomic mass is 35.5. The third-order valence-corrected chi connectivity index (χ3v) is 4.78. The molecule has 0 saturated heterocycles. The predicted octanol–water partition coefficient (Wildman–Crippen LogP) is 2.41. The van der Waals surface area contributed by atoms with Gasteiger partial charge in [0.2, 0.25) is 11.8 Å². The summed E-state index contributed by atoms with van der Waals surface area (Å²) in [5.41, 5.74) is 1.40. The number of ether oxygens (including phenoxy) is 1. The molecule has 1 unspecified atom stereocenters. The van der Waals surface area contributed by atoms with Crippen molar-refractivity contribution < 1.29 is 13.9 Å². The summed E-state index contributed by atoms with van der Waals surface area (Å²) >= 11 is 5.89. The van der Waals surface area contributed by atoms with Gasteiger partial charge in [-0.3, -0.25) is 4.79 Å². The van der Waals surface area contributed by atoms with E-state index in [-0.39, 0.29) is 18.4 Å². The lowest BCUT2D eigenvalue weighted by molar-refractivity contribution is -0.121. The summed E-state index contributed by atoms with van der Waals surface area (Å²) in [5.74, 6) is 1.97. The van der Waals surface area contributed by atoms with E-state index in [1.807, 2.05) is 16.8 Å². The second kappa shape index (κ2) is 8.12. The van der Waals surface area contributed by atoms with Crippen LogP contribution in [0.25, 0.3) is 11.5 Å². The van der Waals surface area contributed by atoms with Crippen molar-refractivity contribution in [3.8, 4) is 11.5 Å². The van der Waals surface area contributed by atoms with Crippen LogP contribution in [0.15, 0.2) is 34.9 Å². The van der Waals surface area contributed by atoms with E-state index in [1.54, 1.807) is 19.2 Å². The summed E-state index contributed by atoms with van der Waals surface area (Å²) in [5, 5.41) is 8.11. The van der Waals surface area contributed by atoms with Crippen LogP contribution in [0.2, 0.25) is 5.02 Å². The quantitative estimate of drug-likeness (QED) is 0.681. The van der Waals surface area contributed by atoms with E-state index in [1.165, 1.54) is 6.26 Å². The molecule has 3 aromatic rings. The van der Waals surface area contributed by atoms with Gasteiger partial charge in [-0.05, 0) is 30.7 Å². The number of amides is 1. The van der Waals surface area contributed by atoms with Crippen molar-refractivity contribution in [2.24, 2.45) is 0 Å². The zero-order valence-corrected chi connectivity index (χ0v) is 16.1. The van der Waals surface area contributed by atoms with Crippen molar-refractivity contribution in [3.63, 3.8) is 0 Å². The molecule has 8 nitrogen and oxygen atoms in total. The first-order valence-electron chi connectivity index (χ1n) is 9.02. The largest absolute Gasteiger partial charge is 0.444 e. The van der Waals surface area contributed by atoms with Gasteiger partial charge in [-0.25, -0.2) is 14.6 Å². The van der Waals surface area contributed by atoms with E-state index >= 15 is 0 Å². The van der Waals surface area contributed by atoms with Gasteiger partial charge in [-0.1, -0.05) is 11.6 Å². The maximum absolute atomic E-state index is 12.4. The van der Waals surface area contributed by atoms with Crippen LogP contribution in [0.1, 0.15) is 23.8 Å². The lowest BCUT2D eigenvalue weighted by Crippen LogP contribution is -2.42. The van der Waals surface area contributed by atoms with Gasteiger partial charge in [0.05, 0.1) is 18.7 Å². The molecule has 146 valence electrons. The Morgan fingerprint density at radius 2 is 2.18 bits per heavy atom. The number of carbonyl (C=O) groups is 1. The second-order valence-electron chi connectivity index (χ2n) is 6.69. The highest BCUT2D eigenvalue weighted by Gasteiger charge is 2.23. The van der Waals surface area contributed by atoms with Crippen molar-refractivity contribution in [3.05, 3.63) is 52.9 Å². The average molecular weight is 402 g/mol. The SMILES string of the molecule is COCc1nc2n(n1)CC(NC(=O)Cc1coc(-c3ccc(Cl)cc3)n1)CC2. The maximum Gasteiger partial charge on any atom is 0.226 e. The molecule has 0 fully saturated rings. The first kappa shape index (κ1) is 18.6. The van der Waals surface area contributed by atoms with Gasteiger partial charge >= 0.3 is 0 Å². The summed E-state index contributed by atoms with van der Waals surface area (Å²) in [6, 6.07) is 7.21. The molecule has 3 heterocycles. The van der Waals surface area contributed by atoms with E-state index in [0.29, 0.717) is 35.6 Å². The molecule has 28 heavy (non-hydrogen) atoms. The third kappa shape index (κ3) is 4.23.